The molecule has 158 valence electrons. The molecule has 29 heavy (non-hydrogen) atoms. The molecular formula is C16H20N4O6S3. The topological polar surface area (TPSA) is 153 Å². The van der Waals surface area contributed by atoms with Gasteiger partial charge in [0.25, 0.3) is 5.69 Å². The number of nitro benzene ring substituents is 1. The molecule has 0 unspecified atom stereocenters. The predicted octanol–water partition coefficient (Wildman–Crippen LogP) is 1.74. The zero-order valence-electron chi connectivity index (χ0n) is 15.3. The first-order chi connectivity index (χ1) is 13.6. The van der Waals surface area contributed by atoms with E-state index in [0.717, 1.165) is 35.1 Å². The smallest absolute Gasteiger partial charge is 0.270 e. The lowest BCUT2D eigenvalue weighted by Gasteiger charge is -2.18. The first kappa shape index (κ1) is 21.6. The van der Waals surface area contributed by atoms with Gasteiger partial charge in [-0.2, -0.15) is 4.31 Å². The van der Waals surface area contributed by atoms with Crippen LogP contribution in [-0.4, -0.2) is 45.7 Å². The second kappa shape index (κ2) is 8.36. The summed E-state index contributed by atoms with van der Waals surface area (Å²) in [5.74, 6) is 0. The summed E-state index contributed by atoms with van der Waals surface area (Å²) in [7, 11) is -7.62. The molecule has 0 aliphatic carbocycles. The van der Waals surface area contributed by atoms with Crippen LogP contribution in [0, 0.1) is 10.1 Å². The Hall–Kier alpha value is -2.06. The molecule has 0 radical (unpaired) electrons. The van der Waals surface area contributed by atoms with Crippen molar-refractivity contribution in [3.05, 3.63) is 45.3 Å². The number of benzene rings is 1. The van der Waals surface area contributed by atoms with Gasteiger partial charge in [-0.1, -0.05) is 0 Å². The van der Waals surface area contributed by atoms with E-state index in [4.69, 9.17) is 5.14 Å². The quantitative estimate of drug-likeness (QED) is 0.449. The summed E-state index contributed by atoms with van der Waals surface area (Å²) in [5, 5.41) is 19.2. The molecule has 1 aliphatic heterocycles. The molecule has 3 N–H and O–H groups in total. The second-order valence-electron chi connectivity index (χ2n) is 6.49. The van der Waals surface area contributed by atoms with E-state index in [9.17, 15) is 26.9 Å². The van der Waals surface area contributed by atoms with E-state index < -0.39 is 25.0 Å². The number of nitro groups is 1. The standard InChI is InChI=1S/C16H20N4O6S3/c17-28(23,24)16-6-4-13(27-16)7-8-18-14-5-3-12(20(21)22)11-15(14)29(25,26)19-9-1-2-10-19/h3-6,11,18H,1-2,7-10H2,(H2,17,23,24). The van der Waals surface area contributed by atoms with Gasteiger partial charge in [-0.05, 0) is 37.5 Å². The number of nitrogens with two attached hydrogens (primary N) is 1. The fraction of sp³-hybridized carbons (Fsp3) is 0.375. The van der Waals surface area contributed by atoms with Crippen LogP contribution in [0.2, 0.25) is 0 Å². The highest BCUT2D eigenvalue weighted by Gasteiger charge is 2.30. The second-order valence-corrected chi connectivity index (χ2v) is 11.4. The van der Waals surface area contributed by atoms with Crippen LogP contribution in [0.1, 0.15) is 17.7 Å². The molecule has 1 aromatic carbocycles. The van der Waals surface area contributed by atoms with Crippen molar-refractivity contribution in [1.82, 2.24) is 4.31 Å². The molecule has 2 heterocycles. The summed E-state index contributed by atoms with van der Waals surface area (Å²) in [4.78, 5) is 11.1. The van der Waals surface area contributed by atoms with Gasteiger partial charge in [0, 0.05) is 36.6 Å². The molecule has 10 nitrogen and oxygen atoms in total. The van der Waals surface area contributed by atoms with E-state index in [2.05, 4.69) is 5.32 Å². The van der Waals surface area contributed by atoms with Gasteiger partial charge in [-0.25, -0.2) is 22.0 Å². The third kappa shape index (κ3) is 4.93. The van der Waals surface area contributed by atoms with E-state index >= 15 is 0 Å². The van der Waals surface area contributed by atoms with Crippen molar-refractivity contribution in [3.63, 3.8) is 0 Å². The Kier molecular flexibility index (Phi) is 6.24. The van der Waals surface area contributed by atoms with Gasteiger partial charge in [0.1, 0.15) is 9.10 Å². The highest BCUT2D eigenvalue weighted by atomic mass is 32.2. The Balaban J connectivity index is 1.81. The number of nitrogens with one attached hydrogen (secondary N) is 1. The zero-order valence-corrected chi connectivity index (χ0v) is 17.7. The lowest BCUT2D eigenvalue weighted by molar-refractivity contribution is -0.385. The lowest BCUT2D eigenvalue weighted by atomic mass is 10.2. The number of thiophene rings is 1. The highest BCUT2D eigenvalue weighted by Crippen LogP contribution is 2.31. The SMILES string of the molecule is NS(=O)(=O)c1ccc(CCNc2ccc([N+](=O)[O-])cc2S(=O)(=O)N2CCCC2)s1. The van der Waals surface area contributed by atoms with Gasteiger partial charge in [0.15, 0.2) is 0 Å². The molecule has 0 spiro atoms. The van der Waals surface area contributed by atoms with E-state index in [1.54, 1.807) is 6.07 Å². The molecule has 1 aromatic heterocycles. The van der Waals surface area contributed by atoms with Crippen molar-refractivity contribution in [2.45, 2.75) is 28.4 Å². The number of nitrogens with zero attached hydrogens (tertiary/aromatic N) is 2. The first-order valence-corrected chi connectivity index (χ1v) is 12.5. The van der Waals surface area contributed by atoms with Crippen molar-refractivity contribution in [1.29, 1.82) is 0 Å². The van der Waals surface area contributed by atoms with Crippen LogP contribution >= 0.6 is 11.3 Å². The van der Waals surface area contributed by atoms with Gasteiger partial charge in [0.05, 0.1) is 10.6 Å². The molecule has 2 aromatic rings. The Morgan fingerprint density at radius 3 is 2.41 bits per heavy atom. The largest absolute Gasteiger partial charge is 0.384 e. The van der Waals surface area contributed by atoms with Crippen LogP contribution < -0.4 is 10.5 Å². The fourth-order valence-electron chi connectivity index (χ4n) is 3.02. The summed E-state index contributed by atoms with van der Waals surface area (Å²) < 4.78 is 50.0. The van der Waals surface area contributed by atoms with Crippen LogP contribution in [0.3, 0.4) is 0 Å². The van der Waals surface area contributed by atoms with Gasteiger partial charge < -0.3 is 5.32 Å². The maximum Gasteiger partial charge on any atom is 0.270 e. The van der Waals surface area contributed by atoms with Crippen molar-refractivity contribution in [2.24, 2.45) is 5.14 Å². The number of rotatable bonds is 8. The minimum Gasteiger partial charge on any atom is -0.384 e. The average molecular weight is 461 g/mol. The van der Waals surface area contributed by atoms with Gasteiger partial charge in [-0.3, -0.25) is 10.1 Å². The summed E-state index contributed by atoms with van der Waals surface area (Å²) in [5.41, 5.74) is -0.0323. The Labute approximate surface area is 172 Å². The number of primary sulfonamides is 1. The average Bonchev–Trinajstić information content (AvgIpc) is 3.33. The van der Waals surface area contributed by atoms with Gasteiger partial charge in [0.2, 0.25) is 20.0 Å². The minimum absolute atomic E-state index is 0.0557. The van der Waals surface area contributed by atoms with Crippen LogP contribution in [0.4, 0.5) is 11.4 Å². The van der Waals surface area contributed by atoms with Crippen molar-refractivity contribution < 1.29 is 21.8 Å². The van der Waals surface area contributed by atoms with E-state index in [-0.39, 0.29) is 20.5 Å². The normalized spacial score (nSPS) is 15.5. The van der Waals surface area contributed by atoms with Gasteiger partial charge in [-0.15, -0.1) is 11.3 Å². The summed E-state index contributed by atoms with van der Waals surface area (Å²) >= 11 is 1.04. The Morgan fingerprint density at radius 1 is 1.14 bits per heavy atom. The minimum atomic E-state index is -3.86. The van der Waals surface area contributed by atoms with Crippen molar-refractivity contribution >= 4 is 42.8 Å². The molecule has 1 fully saturated rings. The Morgan fingerprint density at radius 2 is 1.83 bits per heavy atom. The summed E-state index contributed by atoms with van der Waals surface area (Å²) in [6, 6.07) is 6.76. The molecule has 3 rings (SSSR count). The highest BCUT2D eigenvalue weighted by molar-refractivity contribution is 7.91. The van der Waals surface area contributed by atoms with Crippen LogP contribution in [0.15, 0.2) is 39.4 Å². The maximum absolute atomic E-state index is 13.0. The predicted molar refractivity (Wildman–Crippen MR) is 109 cm³/mol. The van der Waals surface area contributed by atoms with Crippen molar-refractivity contribution in [3.8, 4) is 0 Å². The lowest BCUT2D eigenvalue weighted by Crippen LogP contribution is -2.28. The summed E-state index contributed by atoms with van der Waals surface area (Å²) in [6.07, 6.45) is 1.93. The summed E-state index contributed by atoms with van der Waals surface area (Å²) in [6.45, 7) is 1.08. The van der Waals surface area contributed by atoms with E-state index in [1.807, 2.05) is 0 Å². The fourth-order valence-corrected chi connectivity index (χ4v) is 6.50. The number of hydrogen-bond donors (Lipinski definition) is 2. The number of hydrogen-bond acceptors (Lipinski definition) is 8. The number of non-ortho nitro benzene ring substituents is 1. The molecule has 1 saturated heterocycles. The molecule has 0 saturated carbocycles. The molecule has 0 amide bonds. The van der Waals surface area contributed by atoms with Crippen molar-refractivity contribution in [2.75, 3.05) is 25.0 Å². The van der Waals surface area contributed by atoms with Crippen LogP contribution in [0.25, 0.3) is 0 Å². The van der Waals surface area contributed by atoms with E-state index in [0.29, 0.717) is 26.1 Å². The molecular weight excluding hydrogens is 440 g/mol. The van der Waals surface area contributed by atoms with Crippen LogP contribution in [-0.2, 0) is 26.5 Å². The molecule has 1 aliphatic rings. The van der Waals surface area contributed by atoms with E-state index in [1.165, 1.54) is 22.5 Å². The number of sulfonamides is 2. The molecule has 13 heteroatoms. The molecule has 0 bridgehead atoms. The Bertz CT molecular complexity index is 1120. The monoisotopic (exact) mass is 460 g/mol. The molecule has 0 atom stereocenters. The first-order valence-electron chi connectivity index (χ1n) is 8.73. The third-order valence-electron chi connectivity index (χ3n) is 4.46. The zero-order chi connectivity index (χ0) is 21.2. The third-order valence-corrected chi connectivity index (χ3v) is 8.99. The number of anilines is 1. The van der Waals surface area contributed by atoms with Gasteiger partial charge >= 0.3 is 0 Å². The van der Waals surface area contributed by atoms with Crippen LogP contribution in [0.5, 0.6) is 0 Å². The maximum atomic E-state index is 13.0.